The molecule has 3 rings (SSSR count). The molecule has 0 saturated heterocycles. The van der Waals surface area contributed by atoms with Crippen LogP contribution in [-0.4, -0.2) is 35.4 Å². The van der Waals surface area contributed by atoms with Crippen molar-refractivity contribution in [3.8, 4) is 22.8 Å². The van der Waals surface area contributed by atoms with Gasteiger partial charge in [0.15, 0.2) is 0 Å². The number of hydrogen-bond donors (Lipinski definition) is 1. The van der Waals surface area contributed by atoms with E-state index in [9.17, 15) is 22.8 Å². The number of halogens is 3. The lowest BCUT2D eigenvalue weighted by atomic mass is 10.0. The van der Waals surface area contributed by atoms with Crippen LogP contribution in [-0.2, 0) is 9.53 Å². The molecular formula is C32H37F3N2O5. The van der Waals surface area contributed by atoms with Crippen molar-refractivity contribution in [2.45, 2.75) is 77.9 Å². The molecule has 7 nitrogen and oxygen atoms in total. The molecule has 2 aromatic carbocycles. The van der Waals surface area contributed by atoms with Crippen LogP contribution in [0.5, 0.6) is 11.5 Å². The van der Waals surface area contributed by atoms with Crippen LogP contribution in [0.4, 0.5) is 13.2 Å². The molecule has 1 amide bonds. The Morgan fingerprint density at radius 2 is 1.57 bits per heavy atom. The minimum Gasteiger partial charge on any atom is -0.486 e. The second-order valence-electron chi connectivity index (χ2n) is 10.8. The van der Waals surface area contributed by atoms with Crippen LogP contribution < -0.4 is 14.8 Å². The summed E-state index contributed by atoms with van der Waals surface area (Å²) in [6.07, 6.45) is 0.550. The number of aromatic nitrogens is 1. The van der Waals surface area contributed by atoms with Gasteiger partial charge in [-0.15, -0.1) is 13.2 Å². The molecule has 10 heteroatoms. The molecule has 0 saturated carbocycles. The predicted octanol–water partition coefficient (Wildman–Crippen LogP) is 7.81. The molecule has 42 heavy (non-hydrogen) atoms. The van der Waals surface area contributed by atoms with Gasteiger partial charge in [0.1, 0.15) is 23.2 Å². The topological polar surface area (TPSA) is 86.8 Å². The lowest BCUT2D eigenvalue weighted by molar-refractivity contribution is -0.274. The first kappa shape index (κ1) is 32.4. The van der Waals surface area contributed by atoms with Crippen molar-refractivity contribution in [2.75, 3.05) is 6.54 Å². The minimum atomic E-state index is -4.75. The van der Waals surface area contributed by atoms with Crippen molar-refractivity contribution in [3.05, 3.63) is 78.0 Å². The lowest BCUT2D eigenvalue weighted by Crippen LogP contribution is -2.29. The summed E-state index contributed by atoms with van der Waals surface area (Å²) in [5.41, 5.74) is 1.97. The highest BCUT2D eigenvalue weighted by atomic mass is 19.4. The predicted molar refractivity (Wildman–Crippen MR) is 153 cm³/mol. The van der Waals surface area contributed by atoms with Gasteiger partial charge in [-0.25, -0.2) is 0 Å². The molecule has 0 spiro atoms. The van der Waals surface area contributed by atoms with Gasteiger partial charge in [-0.3, -0.25) is 14.6 Å². The number of carbonyl (C=O) groups excluding carboxylic acids is 2. The Balaban J connectivity index is 1.63. The van der Waals surface area contributed by atoms with Crippen LogP contribution >= 0.6 is 0 Å². The molecule has 1 N–H and O–H groups in total. The number of nitrogens with one attached hydrogen (secondary N) is 1. The van der Waals surface area contributed by atoms with Crippen molar-refractivity contribution in [1.29, 1.82) is 0 Å². The van der Waals surface area contributed by atoms with Gasteiger partial charge in [0.25, 0.3) is 5.91 Å². The summed E-state index contributed by atoms with van der Waals surface area (Å²) >= 11 is 0. The number of esters is 1. The van der Waals surface area contributed by atoms with Crippen LogP contribution in [0.3, 0.4) is 0 Å². The number of benzene rings is 2. The molecule has 226 valence electrons. The molecule has 1 unspecified atom stereocenters. The average molecular weight is 587 g/mol. The van der Waals surface area contributed by atoms with Crippen molar-refractivity contribution in [3.63, 3.8) is 0 Å². The first-order valence-corrected chi connectivity index (χ1v) is 13.9. The van der Waals surface area contributed by atoms with Crippen molar-refractivity contribution < 1.29 is 37.0 Å². The van der Waals surface area contributed by atoms with Gasteiger partial charge < -0.3 is 19.5 Å². The molecular weight excluding hydrogens is 549 g/mol. The Kier molecular flexibility index (Phi) is 11.4. The fourth-order valence-corrected chi connectivity index (χ4v) is 4.09. The van der Waals surface area contributed by atoms with E-state index in [1.807, 2.05) is 6.07 Å². The maximum atomic E-state index is 12.5. The number of amides is 1. The summed E-state index contributed by atoms with van der Waals surface area (Å²) in [6, 6.07) is 16.0. The third-order valence-corrected chi connectivity index (χ3v) is 6.04. The summed E-state index contributed by atoms with van der Waals surface area (Å²) in [5, 5.41) is 2.72. The monoisotopic (exact) mass is 586 g/mol. The third-order valence-electron chi connectivity index (χ3n) is 6.04. The molecule has 1 heterocycles. The largest absolute Gasteiger partial charge is 0.573 e. The van der Waals surface area contributed by atoms with E-state index in [0.29, 0.717) is 22.6 Å². The van der Waals surface area contributed by atoms with Crippen LogP contribution in [0.2, 0.25) is 0 Å². The number of unbranched alkanes of at least 4 members (excludes halogenated alkanes) is 2. The fraction of sp³-hybridized carbons (Fsp3) is 0.406. The summed E-state index contributed by atoms with van der Waals surface area (Å²) in [4.78, 5) is 28.9. The number of rotatable bonds is 13. The SMILES string of the molecule is CCCCCC(Oc1ccc(C(=O)NCCC(=O)OC(C)(C)C)cc1)c1ccc(-c2ccc(OC(F)(F)F)cc2)nc1. The lowest BCUT2D eigenvalue weighted by Gasteiger charge is -2.20. The Hall–Kier alpha value is -4.08. The number of hydrogen-bond acceptors (Lipinski definition) is 6. The standard InChI is InChI=1S/C32H37F3N2O5/c1-5-6-7-8-28(24-13-18-27(37-21-24)22-9-16-26(17-10-22)41-32(33,34)35)40-25-14-11-23(12-15-25)30(39)36-20-19-29(38)42-31(2,3)4/h9-18,21,28H,5-8,19-20H2,1-4H3,(H,36,39). The maximum absolute atomic E-state index is 12.5. The molecule has 1 atom stereocenters. The van der Waals surface area contributed by atoms with Crippen LogP contribution in [0, 0.1) is 0 Å². The van der Waals surface area contributed by atoms with Crippen LogP contribution in [0.25, 0.3) is 11.3 Å². The first-order chi connectivity index (χ1) is 19.8. The zero-order valence-corrected chi connectivity index (χ0v) is 24.3. The van der Waals surface area contributed by atoms with Gasteiger partial charge in [-0.1, -0.05) is 25.8 Å². The fourth-order valence-electron chi connectivity index (χ4n) is 4.09. The molecule has 1 aromatic heterocycles. The zero-order chi connectivity index (χ0) is 30.8. The highest BCUT2D eigenvalue weighted by Gasteiger charge is 2.31. The highest BCUT2D eigenvalue weighted by Crippen LogP contribution is 2.29. The van der Waals surface area contributed by atoms with E-state index >= 15 is 0 Å². The summed E-state index contributed by atoms with van der Waals surface area (Å²) in [5.74, 6) is -0.387. The molecule has 0 fully saturated rings. The van der Waals surface area contributed by atoms with E-state index in [2.05, 4.69) is 22.0 Å². The summed E-state index contributed by atoms with van der Waals surface area (Å²) < 4.78 is 52.8. The smallest absolute Gasteiger partial charge is 0.486 e. The number of alkyl halides is 3. The number of nitrogens with zero attached hydrogens (tertiary/aromatic N) is 1. The normalized spacial score (nSPS) is 12.4. The molecule has 0 bridgehead atoms. The third kappa shape index (κ3) is 11.1. The quantitative estimate of drug-likeness (QED) is 0.162. The van der Waals surface area contributed by atoms with Crippen molar-refractivity contribution in [2.24, 2.45) is 0 Å². The second-order valence-corrected chi connectivity index (χ2v) is 10.8. The van der Waals surface area contributed by atoms with E-state index in [1.165, 1.54) is 24.3 Å². The van der Waals surface area contributed by atoms with Crippen LogP contribution in [0.15, 0.2) is 66.9 Å². The van der Waals surface area contributed by atoms with Gasteiger partial charge in [0.05, 0.1) is 12.1 Å². The Morgan fingerprint density at radius 3 is 2.14 bits per heavy atom. The molecule has 0 aliphatic carbocycles. The van der Waals surface area contributed by atoms with Gasteiger partial charge >= 0.3 is 12.3 Å². The van der Waals surface area contributed by atoms with Gasteiger partial charge in [0, 0.05) is 29.4 Å². The summed E-state index contributed by atoms with van der Waals surface area (Å²) in [6.45, 7) is 7.65. The van der Waals surface area contributed by atoms with E-state index < -0.39 is 12.0 Å². The van der Waals surface area contributed by atoms with E-state index in [-0.39, 0.29) is 36.7 Å². The van der Waals surface area contributed by atoms with E-state index in [0.717, 1.165) is 31.2 Å². The van der Waals surface area contributed by atoms with Gasteiger partial charge in [0.2, 0.25) is 0 Å². The van der Waals surface area contributed by atoms with Gasteiger partial charge in [-0.05, 0) is 88.2 Å². The molecule has 0 radical (unpaired) electrons. The number of ether oxygens (including phenoxy) is 3. The van der Waals surface area contributed by atoms with Gasteiger partial charge in [-0.2, -0.15) is 0 Å². The first-order valence-electron chi connectivity index (χ1n) is 13.9. The Labute approximate surface area is 244 Å². The number of pyridine rings is 1. The second kappa shape index (κ2) is 14.7. The highest BCUT2D eigenvalue weighted by molar-refractivity contribution is 5.94. The summed E-state index contributed by atoms with van der Waals surface area (Å²) in [7, 11) is 0. The number of carbonyl (C=O) groups is 2. The van der Waals surface area contributed by atoms with Crippen molar-refractivity contribution in [1.82, 2.24) is 10.3 Å². The molecule has 0 aliphatic heterocycles. The van der Waals surface area contributed by atoms with E-state index in [4.69, 9.17) is 9.47 Å². The molecule has 0 aliphatic rings. The minimum absolute atomic E-state index is 0.0776. The molecule has 3 aromatic rings. The van der Waals surface area contributed by atoms with Crippen molar-refractivity contribution >= 4 is 11.9 Å². The zero-order valence-electron chi connectivity index (χ0n) is 24.3. The van der Waals surface area contributed by atoms with E-state index in [1.54, 1.807) is 57.3 Å². The average Bonchev–Trinajstić information content (AvgIpc) is 2.91. The maximum Gasteiger partial charge on any atom is 0.573 e. The Bertz CT molecular complexity index is 1290. The van der Waals surface area contributed by atoms with Crippen LogP contribution in [0.1, 0.15) is 81.8 Å². The Morgan fingerprint density at radius 1 is 0.905 bits per heavy atom.